The number of benzene rings is 9. The Hall–Kier alpha value is -7.42. The molecule has 59 heavy (non-hydrogen) atoms. The number of nitrogens with zero attached hydrogens (tertiary/aromatic N) is 2. The largest absolute Gasteiger partial charge is 0.310 e. The predicted molar refractivity (Wildman–Crippen MR) is 249 cm³/mol. The van der Waals surface area contributed by atoms with Crippen LogP contribution >= 0.6 is 0 Å². The lowest BCUT2D eigenvalue weighted by atomic mass is 9.82. The Bertz CT molecular complexity index is 3140. The van der Waals surface area contributed by atoms with E-state index >= 15 is 0 Å². The van der Waals surface area contributed by atoms with E-state index in [-0.39, 0.29) is 5.41 Å². The van der Waals surface area contributed by atoms with E-state index in [4.69, 9.17) is 0 Å². The van der Waals surface area contributed by atoms with Crippen molar-refractivity contribution in [1.29, 1.82) is 0 Å². The molecule has 0 N–H and O–H groups in total. The summed E-state index contributed by atoms with van der Waals surface area (Å²) in [6.45, 7) is 4.74. The van der Waals surface area contributed by atoms with Crippen molar-refractivity contribution in [2.24, 2.45) is 0 Å². The molecule has 0 radical (unpaired) electrons. The number of hydrogen-bond acceptors (Lipinski definition) is 1. The highest BCUT2D eigenvalue weighted by molar-refractivity contribution is 6.12. The molecule has 0 unspecified atom stereocenters. The van der Waals surface area contributed by atoms with Crippen molar-refractivity contribution in [2.45, 2.75) is 19.3 Å². The van der Waals surface area contributed by atoms with Crippen LogP contribution in [0.5, 0.6) is 0 Å². The molecule has 0 spiro atoms. The molecule has 2 heteroatoms. The Kier molecular flexibility index (Phi) is 8.20. The number of rotatable bonds is 7. The van der Waals surface area contributed by atoms with Gasteiger partial charge in [0, 0.05) is 44.4 Å². The number of hydrogen-bond donors (Lipinski definition) is 0. The van der Waals surface area contributed by atoms with E-state index < -0.39 is 0 Å². The third kappa shape index (κ3) is 5.71. The number of para-hydroxylation sites is 2. The SMILES string of the molecule is CC1(C)c2ccccc2-c2c1ccc(-c1ccccc1)c2-n1c2ccccc2c2ccc(N(c3ccccc3)c3ccc(-c4ccc(-c5ccccc5)cc4)cc3)cc21. The van der Waals surface area contributed by atoms with Crippen LogP contribution in [0.3, 0.4) is 0 Å². The Morgan fingerprint density at radius 3 is 1.56 bits per heavy atom. The molecule has 10 aromatic rings. The zero-order chi connectivity index (χ0) is 39.5. The summed E-state index contributed by atoms with van der Waals surface area (Å²) in [6.07, 6.45) is 0. The van der Waals surface area contributed by atoms with Crippen molar-refractivity contribution in [1.82, 2.24) is 4.57 Å². The molecule has 1 heterocycles. The molecule has 280 valence electrons. The number of aromatic nitrogens is 1. The molecule has 0 fully saturated rings. The summed E-state index contributed by atoms with van der Waals surface area (Å²) in [5.74, 6) is 0. The highest BCUT2D eigenvalue weighted by Crippen LogP contribution is 2.54. The lowest BCUT2D eigenvalue weighted by Crippen LogP contribution is -2.15. The van der Waals surface area contributed by atoms with Crippen molar-refractivity contribution < 1.29 is 0 Å². The van der Waals surface area contributed by atoms with Crippen LogP contribution in [0.15, 0.2) is 218 Å². The van der Waals surface area contributed by atoms with Crippen molar-refractivity contribution in [3.05, 3.63) is 230 Å². The Balaban J connectivity index is 1.11. The van der Waals surface area contributed by atoms with Gasteiger partial charge in [-0.05, 0) is 87.0 Å². The Morgan fingerprint density at radius 2 is 0.864 bits per heavy atom. The second-order valence-corrected chi connectivity index (χ2v) is 16.1. The van der Waals surface area contributed by atoms with Gasteiger partial charge < -0.3 is 9.47 Å². The van der Waals surface area contributed by atoms with Crippen LogP contribution < -0.4 is 4.90 Å². The second-order valence-electron chi connectivity index (χ2n) is 16.1. The molecule has 0 atom stereocenters. The summed E-state index contributed by atoms with van der Waals surface area (Å²) in [7, 11) is 0. The van der Waals surface area contributed by atoms with Crippen molar-refractivity contribution in [3.63, 3.8) is 0 Å². The maximum atomic E-state index is 2.55. The topological polar surface area (TPSA) is 8.17 Å². The highest BCUT2D eigenvalue weighted by atomic mass is 15.1. The van der Waals surface area contributed by atoms with Gasteiger partial charge in [-0.25, -0.2) is 0 Å². The lowest BCUT2D eigenvalue weighted by molar-refractivity contribution is 0.660. The smallest absolute Gasteiger partial charge is 0.0622 e. The first-order valence-electron chi connectivity index (χ1n) is 20.5. The molecule has 9 aromatic carbocycles. The van der Waals surface area contributed by atoms with Gasteiger partial charge in [0.15, 0.2) is 0 Å². The van der Waals surface area contributed by atoms with Gasteiger partial charge in [-0.15, -0.1) is 0 Å². The van der Waals surface area contributed by atoms with Gasteiger partial charge in [-0.1, -0.05) is 190 Å². The monoisotopic (exact) mass is 754 g/mol. The number of fused-ring (bicyclic) bond motifs is 6. The molecule has 0 saturated heterocycles. The van der Waals surface area contributed by atoms with E-state index in [1.165, 1.54) is 83.1 Å². The van der Waals surface area contributed by atoms with Crippen molar-refractivity contribution in [3.8, 4) is 50.2 Å². The molecule has 0 saturated carbocycles. The van der Waals surface area contributed by atoms with E-state index in [9.17, 15) is 0 Å². The van der Waals surface area contributed by atoms with E-state index in [1.807, 2.05) is 0 Å². The highest BCUT2D eigenvalue weighted by Gasteiger charge is 2.38. The van der Waals surface area contributed by atoms with Gasteiger partial charge in [0.25, 0.3) is 0 Å². The minimum Gasteiger partial charge on any atom is -0.310 e. The van der Waals surface area contributed by atoms with Gasteiger partial charge >= 0.3 is 0 Å². The molecule has 11 rings (SSSR count). The third-order valence-corrected chi connectivity index (χ3v) is 12.4. The van der Waals surface area contributed by atoms with E-state index in [0.717, 1.165) is 17.1 Å². The molecule has 0 amide bonds. The van der Waals surface area contributed by atoms with Crippen LogP contribution in [0, 0.1) is 0 Å². The first-order chi connectivity index (χ1) is 29.0. The average Bonchev–Trinajstić information content (AvgIpc) is 3.75. The fourth-order valence-corrected chi connectivity index (χ4v) is 9.51. The maximum absolute atomic E-state index is 2.55. The van der Waals surface area contributed by atoms with Crippen LogP contribution in [0.25, 0.3) is 72.0 Å². The summed E-state index contributed by atoms with van der Waals surface area (Å²) in [4.78, 5) is 2.38. The summed E-state index contributed by atoms with van der Waals surface area (Å²) in [5.41, 5.74) is 19.4. The standard InChI is InChI=1S/C57H42N2/c1-57(2)51-24-14-12-23-50(51)55-52(57)37-36-47(43-18-8-4-9-19-43)56(55)59-53-25-15-13-22-48(53)49-35-34-46(38-54(49)59)58(44-20-10-5-11-21-44)45-32-30-42(31-33-45)41-28-26-40(27-29-41)39-16-6-3-7-17-39/h3-38H,1-2H3. The zero-order valence-electron chi connectivity index (χ0n) is 33.2. The normalized spacial score (nSPS) is 12.7. The van der Waals surface area contributed by atoms with Gasteiger partial charge in [-0.2, -0.15) is 0 Å². The Labute approximate surface area is 345 Å². The van der Waals surface area contributed by atoms with Crippen LogP contribution in [0.2, 0.25) is 0 Å². The molecule has 1 aliphatic rings. The minimum absolute atomic E-state index is 0.139. The van der Waals surface area contributed by atoms with Crippen LogP contribution in [-0.4, -0.2) is 4.57 Å². The molecular weight excluding hydrogens is 713 g/mol. The number of anilines is 3. The molecule has 0 aliphatic heterocycles. The summed E-state index contributed by atoms with van der Waals surface area (Å²) < 4.78 is 2.55. The molecule has 1 aliphatic carbocycles. The first-order valence-corrected chi connectivity index (χ1v) is 20.5. The summed E-state index contributed by atoms with van der Waals surface area (Å²) in [5, 5.41) is 2.47. The fraction of sp³-hybridized carbons (Fsp3) is 0.0526. The van der Waals surface area contributed by atoms with Crippen molar-refractivity contribution in [2.75, 3.05) is 4.90 Å². The average molecular weight is 755 g/mol. The molecule has 1 aromatic heterocycles. The van der Waals surface area contributed by atoms with Crippen LogP contribution in [-0.2, 0) is 5.41 Å². The second kappa shape index (κ2) is 13.9. The van der Waals surface area contributed by atoms with Crippen LogP contribution in [0.1, 0.15) is 25.0 Å². The van der Waals surface area contributed by atoms with Gasteiger partial charge in [0.05, 0.1) is 16.7 Å². The summed E-state index contributed by atoms with van der Waals surface area (Å²) >= 11 is 0. The first kappa shape index (κ1) is 34.8. The fourth-order valence-electron chi connectivity index (χ4n) is 9.51. The quantitative estimate of drug-likeness (QED) is 0.157. The van der Waals surface area contributed by atoms with Gasteiger partial charge in [0.1, 0.15) is 0 Å². The predicted octanol–water partition coefficient (Wildman–Crippen LogP) is 15.6. The van der Waals surface area contributed by atoms with E-state index in [2.05, 4.69) is 242 Å². The molecule has 0 bridgehead atoms. The molecule has 2 nitrogen and oxygen atoms in total. The minimum atomic E-state index is -0.139. The Morgan fingerprint density at radius 1 is 0.356 bits per heavy atom. The summed E-state index contributed by atoms with van der Waals surface area (Å²) in [6, 6.07) is 79.7. The van der Waals surface area contributed by atoms with E-state index in [1.54, 1.807) is 0 Å². The maximum Gasteiger partial charge on any atom is 0.0622 e. The third-order valence-electron chi connectivity index (χ3n) is 12.4. The van der Waals surface area contributed by atoms with Crippen LogP contribution in [0.4, 0.5) is 17.1 Å². The van der Waals surface area contributed by atoms with Gasteiger partial charge in [0.2, 0.25) is 0 Å². The zero-order valence-corrected chi connectivity index (χ0v) is 33.2. The lowest BCUT2D eigenvalue weighted by Gasteiger charge is -2.26. The van der Waals surface area contributed by atoms with Crippen molar-refractivity contribution >= 4 is 38.9 Å². The molecular formula is C57H42N2. The van der Waals surface area contributed by atoms with Gasteiger partial charge in [-0.3, -0.25) is 0 Å². The van der Waals surface area contributed by atoms with E-state index in [0.29, 0.717) is 0 Å².